The Morgan fingerprint density at radius 2 is 1.93 bits per heavy atom. The summed E-state index contributed by atoms with van der Waals surface area (Å²) < 4.78 is 29.4. The number of carbonyl (C=O) groups is 1. The van der Waals surface area contributed by atoms with Crippen molar-refractivity contribution in [3.63, 3.8) is 0 Å². The first-order valence-corrected chi connectivity index (χ1v) is 11.0. The van der Waals surface area contributed by atoms with E-state index < -0.39 is 9.84 Å². The van der Waals surface area contributed by atoms with Gasteiger partial charge in [0, 0.05) is 26.2 Å². The molecule has 8 heteroatoms. The Kier molecular flexibility index (Phi) is 8.09. The quantitative estimate of drug-likeness (QED) is 0.327. The molecule has 0 bridgehead atoms. The lowest BCUT2D eigenvalue weighted by atomic mass is 9.97. The molecule has 0 aromatic heterocycles. The molecule has 2 rings (SSSR count). The van der Waals surface area contributed by atoms with E-state index >= 15 is 0 Å². The Labute approximate surface area is 161 Å². The van der Waals surface area contributed by atoms with Crippen molar-refractivity contribution < 1.29 is 17.9 Å². The van der Waals surface area contributed by atoms with Gasteiger partial charge in [-0.2, -0.15) is 0 Å². The van der Waals surface area contributed by atoms with E-state index in [0.717, 1.165) is 38.4 Å². The molecule has 0 amide bonds. The molecule has 0 radical (unpaired) electrons. The highest BCUT2D eigenvalue weighted by atomic mass is 32.2. The van der Waals surface area contributed by atoms with Gasteiger partial charge in [0.1, 0.15) is 0 Å². The van der Waals surface area contributed by atoms with E-state index in [1.54, 1.807) is 30.3 Å². The molecule has 1 saturated heterocycles. The molecule has 1 aromatic rings. The standard InChI is InChI=1S/C19H29N3O4S/c1-3-20-19(22-13-10-16(11-14-22)18(23)26-2)21-12-7-15-27(24,25)17-8-5-4-6-9-17/h4-6,8-9,16H,3,7,10-15H2,1-2H3,(H,20,21). The zero-order chi connectivity index (χ0) is 19.7. The number of carbonyl (C=O) groups excluding carboxylic acids is 1. The van der Waals surface area contributed by atoms with Gasteiger partial charge in [0.25, 0.3) is 0 Å². The second-order valence-corrected chi connectivity index (χ2v) is 8.61. The first-order chi connectivity index (χ1) is 13.0. The van der Waals surface area contributed by atoms with Crippen molar-refractivity contribution in [2.45, 2.75) is 31.1 Å². The van der Waals surface area contributed by atoms with Crippen LogP contribution >= 0.6 is 0 Å². The molecule has 0 unspecified atom stereocenters. The molecule has 27 heavy (non-hydrogen) atoms. The highest BCUT2D eigenvalue weighted by Crippen LogP contribution is 2.18. The number of benzene rings is 1. The van der Waals surface area contributed by atoms with E-state index in [9.17, 15) is 13.2 Å². The maximum absolute atomic E-state index is 12.3. The largest absolute Gasteiger partial charge is 0.469 e. The molecule has 1 aliphatic rings. The zero-order valence-electron chi connectivity index (χ0n) is 16.1. The van der Waals surface area contributed by atoms with E-state index in [0.29, 0.717) is 17.9 Å². The van der Waals surface area contributed by atoms with Crippen molar-refractivity contribution in [1.82, 2.24) is 10.2 Å². The van der Waals surface area contributed by atoms with Gasteiger partial charge in [-0.1, -0.05) is 18.2 Å². The smallest absolute Gasteiger partial charge is 0.308 e. The van der Waals surface area contributed by atoms with E-state index in [1.807, 2.05) is 6.92 Å². The van der Waals surface area contributed by atoms with Crippen LogP contribution in [0.5, 0.6) is 0 Å². The van der Waals surface area contributed by atoms with E-state index in [1.165, 1.54) is 7.11 Å². The first kappa shape index (κ1) is 21.2. The van der Waals surface area contributed by atoms with Gasteiger partial charge in [-0.25, -0.2) is 8.42 Å². The Morgan fingerprint density at radius 1 is 1.26 bits per heavy atom. The second-order valence-electron chi connectivity index (χ2n) is 6.51. The lowest BCUT2D eigenvalue weighted by Crippen LogP contribution is -2.46. The molecule has 1 N–H and O–H groups in total. The summed E-state index contributed by atoms with van der Waals surface area (Å²) in [6.07, 6.45) is 1.93. The van der Waals surface area contributed by atoms with Gasteiger partial charge < -0.3 is 15.0 Å². The molecule has 0 atom stereocenters. The third-order valence-corrected chi connectivity index (χ3v) is 6.42. The predicted molar refractivity (Wildman–Crippen MR) is 105 cm³/mol. The monoisotopic (exact) mass is 395 g/mol. The van der Waals surface area contributed by atoms with E-state index in [2.05, 4.69) is 15.2 Å². The summed E-state index contributed by atoms with van der Waals surface area (Å²) in [4.78, 5) is 18.7. The fraction of sp³-hybridized carbons (Fsp3) is 0.579. The van der Waals surface area contributed by atoms with E-state index in [-0.39, 0.29) is 17.6 Å². The van der Waals surface area contributed by atoms with Crippen LogP contribution in [0.3, 0.4) is 0 Å². The number of sulfone groups is 1. The summed E-state index contributed by atoms with van der Waals surface area (Å²) in [5.74, 6) is 0.649. The summed E-state index contributed by atoms with van der Waals surface area (Å²) in [6, 6.07) is 8.50. The van der Waals surface area contributed by atoms with Crippen LogP contribution in [0.4, 0.5) is 0 Å². The Hall–Kier alpha value is -2.09. The molecule has 1 fully saturated rings. The maximum atomic E-state index is 12.3. The normalized spacial score (nSPS) is 16.2. The summed E-state index contributed by atoms with van der Waals surface area (Å²) in [6.45, 7) is 4.63. The van der Waals surface area contributed by atoms with Crippen LogP contribution < -0.4 is 5.32 Å². The number of ether oxygens (including phenoxy) is 1. The van der Waals surface area contributed by atoms with Gasteiger partial charge in [0.05, 0.1) is 23.7 Å². The van der Waals surface area contributed by atoms with Crippen molar-refractivity contribution in [3.05, 3.63) is 30.3 Å². The van der Waals surface area contributed by atoms with E-state index in [4.69, 9.17) is 4.74 Å². The van der Waals surface area contributed by atoms with Crippen LogP contribution in [-0.4, -0.2) is 64.3 Å². The van der Waals surface area contributed by atoms with Gasteiger partial charge in [0.15, 0.2) is 15.8 Å². The number of aliphatic imine (C=N–C) groups is 1. The van der Waals surface area contributed by atoms with Crippen LogP contribution in [0.1, 0.15) is 26.2 Å². The van der Waals surface area contributed by atoms with Crippen LogP contribution in [0.15, 0.2) is 40.2 Å². The van der Waals surface area contributed by atoms with Gasteiger partial charge in [-0.3, -0.25) is 9.79 Å². The topological polar surface area (TPSA) is 88.1 Å². The third kappa shape index (κ3) is 6.23. The number of nitrogens with one attached hydrogen (secondary N) is 1. The number of nitrogens with zero attached hydrogens (tertiary/aromatic N) is 2. The molecule has 0 saturated carbocycles. The van der Waals surface area contributed by atoms with Gasteiger partial charge >= 0.3 is 5.97 Å². The number of likely N-dealkylation sites (tertiary alicyclic amines) is 1. The van der Waals surface area contributed by atoms with Gasteiger partial charge in [0.2, 0.25) is 0 Å². The zero-order valence-corrected chi connectivity index (χ0v) is 16.9. The van der Waals surface area contributed by atoms with Crippen LogP contribution in [0, 0.1) is 5.92 Å². The molecule has 1 aliphatic heterocycles. The Bertz CT molecular complexity index is 727. The average molecular weight is 396 g/mol. The van der Waals surface area contributed by atoms with Gasteiger partial charge in [-0.15, -0.1) is 0 Å². The molecular weight excluding hydrogens is 366 g/mol. The fourth-order valence-corrected chi connectivity index (χ4v) is 4.42. The summed E-state index contributed by atoms with van der Waals surface area (Å²) in [7, 11) is -1.85. The van der Waals surface area contributed by atoms with Crippen LogP contribution in [-0.2, 0) is 19.4 Å². The van der Waals surface area contributed by atoms with Gasteiger partial charge in [-0.05, 0) is 38.3 Å². The van der Waals surface area contributed by atoms with Crippen molar-refractivity contribution in [1.29, 1.82) is 0 Å². The number of esters is 1. The Balaban J connectivity index is 1.88. The van der Waals surface area contributed by atoms with Crippen molar-refractivity contribution in [2.24, 2.45) is 10.9 Å². The lowest BCUT2D eigenvalue weighted by molar-refractivity contribution is -0.146. The molecule has 1 aromatic carbocycles. The number of methoxy groups -OCH3 is 1. The molecule has 1 heterocycles. The highest BCUT2D eigenvalue weighted by Gasteiger charge is 2.26. The summed E-state index contributed by atoms with van der Waals surface area (Å²) >= 11 is 0. The number of guanidine groups is 1. The minimum Gasteiger partial charge on any atom is -0.469 e. The van der Waals surface area contributed by atoms with Crippen molar-refractivity contribution >= 4 is 21.8 Å². The van der Waals surface area contributed by atoms with Crippen LogP contribution in [0.2, 0.25) is 0 Å². The number of hydrogen-bond acceptors (Lipinski definition) is 5. The van der Waals surface area contributed by atoms with Crippen LogP contribution in [0.25, 0.3) is 0 Å². The average Bonchev–Trinajstić information content (AvgIpc) is 2.70. The number of hydrogen-bond donors (Lipinski definition) is 1. The minimum atomic E-state index is -3.27. The minimum absolute atomic E-state index is 0.0508. The highest BCUT2D eigenvalue weighted by molar-refractivity contribution is 7.91. The second kappa shape index (κ2) is 10.3. The third-order valence-electron chi connectivity index (χ3n) is 4.60. The SMILES string of the molecule is CCNC(=NCCCS(=O)(=O)c1ccccc1)N1CCC(C(=O)OC)CC1. The fourth-order valence-electron chi connectivity index (χ4n) is 3.10. The molecule has 150 valence electrons. The van der Waals surface area contributed by atoms with Crippen molar-refractivity contribution in [3.8, 4) is 0 Å². The number of rotatable bonds is 7. The summed E-state index contributed by atoms with van der Waals surface area (Å²) in [5.41, 5.74) is 0. The molecule has 0 aliphatic carbocycles. The van der Waals surface area contributed by atoms with Crippen molar-refractivity contribution in [2.75, 3.05) is 39.0 Å². The molecular formula is C19H29N3O4S. The molecule has 0 spiro atoms. The number of piperidine rings is 1. The Morgan fingerprint density at radius 3 is 2.52 bits per heavy atom. The first-order valence-electron chi connectivity index (χ1n) is 9.37. The molecule has 7 nitrogen and oxygen atoms in total. The maximum Gasteiger partial charge on any atom is 0.308 e. The predicted octanol–water partition coefficient (Wildman–Crippen LogP) is 1.70. The lowest BCUT2D eigenvalue weighted by Gasteiger charge is -2.33. The summed E-state index contributed by atoms with van der Waals surface area (Å²) in [5, 5.41) is 3.25.